The summed E-state index contributed by atoms with van der Waals surface area (Å²) >= 11 is 0. The van der Waals surface area contributed by atoms with Gasteiger partial charge in [0.25, 0.3) is 12.0 Å². The molecule has 1 saturated carbocycles. The maximum absolute atomic E-state index is 15.6. The zero-order valence-corrected chi connectivity index (χ0v) is 17.4. The zero-order chi connectivity index (χ0) is 23.3. The Morgan fingerprint density at radius 3 is 2.44 bits per heavy atom. The maximum atomic E-state index is 15.6. The number of halogens is 5. The molecule has 1 aromatic rings. The van der Waals surface area contributed by atoms with E-state index in [1.165, 1.54) is 16.6 Å². The molecule has 32 heavy (non-hydrogen) atoms. The second kappa shape index (κ2) is 8.71. The number of allylic oxidation sites excluding steroid dienone is 1. The molecule has 2 aliphatic carbocycles. The number of nitrogens with two attached hydrogens (primary N) is 1. The summed E-state index contributed by atoms with van der Waals surface area (Å²) in [5.41, 5.74) is 2.34. The quantitative estimate of drug-likeness (QED) is 0.604. The van der Waals surface area contributed by atoms with Crippen molar-refractivity contribution < 1.29 is 26.7 Å². The van der Waals surface area contributed by atoms with Gasteiger partial charge < -0.3 is 10.5 Å². The number of H-pyrrole nitrogens is 1. The van der Waals surface area contributed by atoms with Crippen molar-refractivity contribution in [3.05, 3.63) is 37.9 Å². The number of aromatic nitrogens is 2. The Hall–Kier alpha value is -2.05. The highest BCUT2D eigenvalue weighted by Crippen LogP contribution is 2.46. The molecule has 0 aromatic carbocycles. The highest BCUT2D eigenvalue weighted by Gasteiger charge is 2.48. The van der Waals surface area contributed by atoms with Crippen LogP contribution in [0, 0.1) is 5.92 Å². The summed E-state index contributed by atoms with van der Waals surface area (Å²) in [6, 6.07) is -2.45. The molecule has 2 heterocycles. The van der Waals surface area contributed by atoms with Crippen molar-refractivity contribution in [3.63, 3.8) is 0 Å². The second-order valence-corrected chi connectivity index (χ2v) is 8.62. The lowest BCUT2D eigenvalue weighted by Gasteiger charge is -2.39. The average Bonchev–Trinajstić information content (AvgIpc) is 3.41. The summed E-state index contributed by atoms with van der Waals surface area (Å²) in [7, 11) is 1.25. The number of nitrogens with zero attached hydrogens (tertiary/aromatic N) is 2. The Kier molecular flexibility index (Phi) is 6.29. The minimum absolute atomic E-state index is 0.0641. The molecule has 3 aliphatic rings. The van der Waals surface area contributed by atoms with E-state index in [1.807, 2.05) is 4.98 Å². The second-order valence-electron chi connectivity index (χ2n) is 8.62. The van der Waals surface area contributed by atoms with Gasteiger partial charge in [-0.05, 0) is 31.7 Å². The van der Waals surface area contributed by atoms with Crippen LogP contribution in [-0.2, 0) is 4.74 Å². The number of fused-ring (bicyclic) bond motifs is 1. The van der Waals surface area contributed by atoms with Crippen LogP contribution in [0.15, 0.2) is 15.4 Å². The molecule has 4 rings (SSSR count). The summed E-state index contributed by atoms with van der Waals surface area (Å²) in [5, 5.41) is 0. The fraction of sp³-hybridized carbons (Fsp3) is 0.700. The first-order valence-electron chi connectivity index (χ1n) is 10.5. The Morgan fingerprint density at radius 1 is 1.19 bits per heavy atom. The largest absolute Gasteiger partial charge is 0.373 e. The third kappa shape index (κ3) is 3.92. The van der Waals surface area contributed by atoms with Crippen LogP contribution in [0.5, 0.6) is 0 Å². The van der Waals surface area contributed by atoms with E-state index in [2.05, 4.69) is 0 Å². The third-order valence-electron chi connectivity index (χ3n) is 6.61. The van der Waals surface area contributed by atoms with Crippen LogP contribution in [0.2, 0.25) is 0 Å². The van der Waals surface area contributed by atoms with Gasteiger partial charge in [0.1, 0.15) is 11.9 Å². The van der Waals surface area contributed by atoms with Gasteiger partial charge in [0.2, 0.25) is 6.43 Å². The Bertz CT molecular complexity index is 1020. The van der Waals surface area contributed by atoms with E-state index in [4.69, 9.17) is 10.5 Å². The molecule has 0 amide bonds. The van der Waals surface area contributed by atoms with Crippen molar-refractivity contribution in [1.82, 2.24) is 14.5 Å². The van der Waals surface area contributed by atoms with Crippen molar-refractivity contribution in [3.8, 4) is 0 Å². The van der Waals surface area contributed by atoms with E-state index in [1.54, 1.807) is 0 Å². The van der Waals surface area contributed by atoms with E-state index >= 15 is 4.39 Å². The van der Waals surface area contributed by atoms with E-state index in [0.29, 0.717) is 19.3 Å². The topological polar surface area (TPSA) is 93.3 Å². The van der Waals surface area contributed by atoms with Gasteiger partial charge in [-0.3, -0.25) is 19.2 Å². The number of likely N-dealkylation sites (tertiary alicyclic amines) is 1. The van der Waals surface area contributed by atoms with Crippen LogP contribution in [0.4, 0.5) is 22.0 Å². The monoisotopic (exact) mass is 464 g/mol. The van der Waals surface area contributed by atoms with Gasteiger partial charge in [-0.25, -0.2) is 26.7 Å². The van der Waals surface area contributed by atoms with Crippen LogP contribution >= 0.6 is 0 Å². The summed E-state index contributed by atoms with van der Waals surface area (Å²) in [4.78, 5) is 28.6. The van der Waals surface area contributed by atoms with Crippen molar-refractivity contribution in [2.24, 2.45) is 11.7 Å². The van der Waals surface area contributed by atoms with E-state index in [0.717, 1.165) is 0 Å². The Morgan fingerprint density at radius 2 is 1.88 bits per heavy atom. The molecule has 4 unspecified atom stereocenters. The summed E-state index contributed by atoms with van der Waals surface area (Å²) in [6.45, 7) is 0.330. The lowest BCUT2D eigenvalue weighted by atomic mass is 9.87. The molecule has 3 N–H and O–H groups in total. The molecule has 12 heteroatoms. The molecule has 1 aliphatic heterocycles. The van der Waals surface area contributed by atoms with Crippen LogP contribution in [0.3, 0.4) is 0 Å². The molecule has 0 spiro atoms. The lowest BCUT2D eigenvalue weighted by Crippen LogP contribution is -2.48. The molecule has 7 nitrogen and oxygen atoms in total. The van der Waals surface area contributed by atoms with E-state index in [9.17, 15) is 27.2 Å². The smallest absolute Gasteiger partial charge is 0.328 e. The average molecular weight is 464 g/mol. The minimum Gasteiger partial charge on any atom is -0.373 e. The van der Waals surface area contributed by atoms with Crippen LogP contribution in [0.1, 0.15) is 49.1 Å². The van der Waals surface area contributed by atoms with Gasteiger partial charge in [0.15, 0.2) is 0 Å². The van der Waals surface area contributed by atoms with Crippen LogP contribution < -0.4 is 17.0 Å². The van der Waals surface area contributed by atoms with Crippen LogP contribution in [0.25, 0.3) is 5.57 Å². The molecule has 2 fully saturated rings. The highest BCUT2D eigenvalue weighted by molar-refractivity contribution is 5.74. The highest BCUT2D eigenvalue weighted by atomic mass is 19.3. The number of hydrogen-bond donors (Lipinski definition) is 2. The first-order valence-corrected chi connectivity index (χ1v) is 10.5. The molecular weight excluding hydrogens is 439 g/mol. The third-order valence-corrected chi connectivity index (χ3v) is 6.61. The van der Waals surface area contributed by atoms with Gasteiger partial charge >= 0.3 is 5.69 Å². The predicted octanol–water partition coefficient (Wildman–Crippen LogP) is 2.19. The normalized spacial score (nSPS) is 27.5. The fourth-order valence-corrected chi connectivity index (χ4v) is 4.98. The molecular formula is C20H25F5N4O3. The fourth-order valence-electron chi connectivity index (χ4n) is 4.98. The maximum Gasteiger partial charge on any atom is 0.328 e. The molecule has 178 valence electrons. The SMILES string of the molecule is COC1c2c(c(=O)[nH]c(=O)n2C2CC2)C(C(F)F)=C(F)C1N1CCC(C(N)CC(F)F)C1. The van der Waals surface area contributed by atoms with Gasteiger partial charge in [0.05, 0.1) is 22.9 Å². The number of nitrogens with one attached hydrogen (secondary N) is 1. The number of methoxy groups -OCH3 is 1. The molecule has 0 radical (unpaired) electrons. The number of hydrogen-bond acceptors (Lipinski definition) is 5. The Balaban J connectivity index is 1.80. The predicted molar refractivity (Wildman–Crippen MR) is 105 cm³/mol. The summed E-state index contributed by atoms with van der Waals surface area (Å²) in [6.07, 6.45) is -6.00. The molecule has 4 atom stereocenters. The van der Waals surface area contributed by atoms with Crippen molar-refractivity contribution >= 4 is 5.57 Å². The first kappa shape index (κ1) is 23.1. The number of rotatable bonds is 7. The molecule has 1 saturated heterocycles. The number of ether oxygens (including phenoxy) is 1. The minimum atomic E-state index is -3.31. The summed E-state index contributed by atoms with van der Waals surface area (Å²) < 4.78 is 75.8. The van der Waals surface area contributed by atoms with Gasteiger partial charge in [0, 0.05) is 32.2 Å². The Labute approximate surface area is 180 Å². The first-order chi connectivity index (χ1) is 15.1. The standard InChI is InChI=1S/C20H25F5N4O3/c1-32-17-15-13(19(30)27-20(31)29(15)9-2-3-9)12(18(24)25)14(23)16(17)28-5-4-8(7-28)10(26)6-11(21)22/h8-11,16-18H,2-7,26H2,1H3,(H,27,30,31). The van der Waals surface area contributed by atoms with Gasteiger partial charge in [-0.15, -0.1) is 0 Å². The van der Waals surface area contributed by atoms with E-state index < -0.39 is 65.7 Å². The zero-order valence-electron chi connectivity index (χ0n) is 17.4. The number of alkyl halides is 4. The van der Waals surface area contributed by atoms with Crippen molar-refractivity contribution in [2.45, 2.75) is 62.8 Å². The number of aromatic amines is 1. The van der Waals surface area contributed by atoms with Crippen molar-refractivity contribution in [2.75, 3.05) is 20.2 Å². The lowest BCUT2D eigenvalue weighted by molar-refractivity contribution is 0.0160. The van der Waals surface area contributed by atoms with Crippen LogP contribution in [-0.4, -0.2) is 59.6 Å². The molecule has 1 aromatic heterocycles. The molecule has 0 bridgehead atoms. The van der Waals surface area contributed by atoms with Crippen molar-refractivity contribution in [1.29, 1.82) is 0 Å². The van der Waals surface area contributed by atoms with E-state index in [-0.39, 0.29) is 30.7 Å². The summed E-state index contributed by atoms with van der Waals surface area (Å²) in [5.74, 6) is -1.59. The van der Waals surface area contributed by atoms with Gasteiger partial charge in [-0.2, -0.15) is 0 Å². The van der Waals surface area contributed by atoms with Gasteiger partial charge in [-0.1, -0.05) is 0 Å².